The highest BCUT2D eigenvalue weighted by Gasteiger charge is 2.22. The van der Waals surface area contributed by atoms with Gasteiger partial charge in [0.15, 0.2) is 5.76 Å². The molecule has 1 fully saturated rings. The molecule has 0 radical (unpaired) electrons. The van der Waals surface area contributed by atoms with Gasteiger partial charge in [-0.3, -0.25) is 4.79 Å². The Balaban J connectivity index is 1.68. The minimum absolute atomic E-state index is 0.0536. The van der Waals surface area contributed by atoms with Crippen LogP contribution < -0.4 is 5.32 Å². The summed E-state index contributed by atoms with van der Waals surface area (Å²) in [6, 6.07) is 9.48. The summed E-state index contributed by atoms with van der Waals surface area (Å²) in [6.07, 6.45) is 2.65. The zero-order chi connectivity index (χ0) is 15.5. The Morgan fingerprint density at radius 2 is 1.86 bits per heavy atom. The van der Waals surface area contributed by atoms with Crippen LogP contribution in [-0.2, 0) is 0 Å². The Kier molecular flexibility index (Phi) is 4.24. The number of carbonyl (C=O) groups is 1. The molecule has 0 spiro atoms. The average Bonchev–Trinajstić information content (AvgIpc) is 3.00. The number of rotatable bonds is 3. The van der Waals surface area contributed by atoms with E-state index < -0.39 is 0 Å². The second-order valence-corrected chi connectivity index (χ2v) is 5.62. The molecule has 2 aromatic rings. The van der Waals surface area contributed by atoms with Gasteiger partial charge in [-0.1, -0.05) is 12.1 Å². The standard InChI is InChI=1S/C17H18FNO3/c18-14-4-2-1-3-13(14)15-9-10-16(22-15)17(21)19-11-5-7-12(20)8-6-11/h1-4,9-12,20H,5-8H2,(H,19,21). The number of nitrogens with one attached hydrogen (secondary N) is 1. The number of halogens is 1. The lowest BCUT2D eigenvalue weighted by Gasteiger charge is -2.25. The normalized spacial score (nSPS) is 21.5. The first-order chi connectivity index (χ1) is 10.6. The summed E-state index contributed by atoms with van der Waals surface area (Å²) in [5.74, 6) is -0.180. The molecule has 1 amide bonds. The third kappa shape index (κ3) is 3.20. The molecule has 1 heterocycles. The molecular formula is C17H18FNO3. The quantitative estimate of drug-likeness (QED) is 0.915. The minimum Gasteiger partial charge on any atom is -0.451 e. The van der Waals surface area contributed by atoms with Crippen LogP contribution in [0, 0.1) is 5.82 Å². The van der Waals surface area contributed by atoms with Crippen molar-refractivity contribution in [3.05, 3.63) is 48.0 Å². The maximum atomic E-state index is 13.7. The Labute approximate surface area is 128 Å². The van der Waals surface area contributed by atoms with Crippen molar-refractivity contribution in [2.75, 3.05) is 0 Å². The summed E-state index contributed by atoms with van der Waals surface area (Å²) >= 11 is 0. The number of hydrogen-bond acceptors (Lipinski definition) is 3. The fourth-order valence-corrected chi connectivity index (χ4v) is 2.74. The molecule has 0 unspecified atom stereocenters. The lowest BCUT2D eigenvalue weighted by Crippen LogP contribution is -2.38. The average molecular weight is 303 g/mol. The maximum Gasteiger partial charge on any atom is 0.287 e. The summed E-state index contributed by atoms with van der Waals surface area (Å²) in [5, 5.41) is 12.4. The molecule has 2 N–H and O–H groups in total. The van der Waals surface area contributed by atoms with Crippen molar-refractivity contribution >= 4 is 5.91 Å². The summed E-state index contributed by atoms with van der Waals surface area (Å²) < 4.78 is 19.2. The molecule has 1 aliphatic carbocycles. The van der Waals surface area contributed by atoms with Gasteiger partial charge in [0.05, 0.1) is 11.7 Å². The number of benzene rings is 1. The predicted octanol–water partition coefficient (Wildman–Crippen LogP) is 3.12. The van der Waals surface area contributed by atoms with Gasteiger partial charge in [0.2, 0.25) is 0 Å². The number of furan rings is 1. The summed E-state index contributed by atoms with van der Waals surface area (Å²) in [5.41, 5.74) is 0.335. The molecule has 5 heteroatoms. The fraction of sp³-hybridized carbons (Fsp3) is 0.353. The van der Waals surface area contributed by atoms with Crippen LogP contribution in [0.3, 0.4) is 0 Å². The van der Waals surface area contributed by atoms with Crippen molar-refractivity contribution < 1.29 is 18.7 Å². The highest BCUT2D eigenvalue weighted by molar-refractivity contribution is 5.92. The summed E-state index contributed by atoms with van der Waals surface area (Å²) in [4.78, 5) is 12.2. The largest absolute Gasteiger partial charge is 0.451 e. The molecule has 22 heavy (non-hydrogen) atoms. The molecular weight excluding hydrogens is 285 g/mol. The number of amides is 1. The van der Waals surface area contributed by atoms with Gasteiger partial charge in [-0.2, -0.15) is 0 Å². The van der Waals surface area contributed by atoms with Gasteiger partial charge in [0.1, 0.15) is 11.6 Å². The van der Waals surface area contributed by atoms with Crippen LogP contribution in [0.15, 0.2) is 40.8 Å². The molecule has 0 atom stereocenters. The monoisotopic (exact) mass is 303 g/mol. The van der Waals surface area contributed by atoms with Crippen LogP contribution in [0.2, 0.25) is 0 Å². The van der Waals surface area contributed by atoms with Crippen LogP contribution in [0.25, 0.3) is 11.3 Å². The fourth-order valence-electron chi connectivity index (χ4n) is 2.74. The van der Waals surface area contributed by atoms with E-state index in [0.717, 1.165) is 12.8 Å². The second kappa shape index (κ2) is 6.32. The van der Waals surface area contributed by atoms with E-state index in [4.69, 9.17) is 4.42 Å². The first-order valence-corrected chi connectivity index (χ1v) is 7.47. The van der Waals surface area contributed by atoms with Gasteiger partial charge in [0, 0.05) is 6.04 Å². The molecule has 1 saturated carbocycles. The van der Waals surface area contributed by atoms with Crippen molar-refractivity contribution in [2.45, 2.75) is 37.8 Å². The van der Waals surface area contributed by atoms with Gasteiger partial charge in [-0.15, -0.1) is 0 Å². The number of aliphatic hydroxyl groups is 1. The Bertz CT molecular complexity index is 659. The van der Waals surface area contributed by atoms with Gasteiger partial charge in [0.25, 0.3) is 5.91 Å². The molecule has 1 aliphatic rings. The Morgan fingerprint density at radius 1 is 1.14 bits per heavy atom. The van der Waals surface area contributed by atoms with E-state index in [1.165, 1.54) is 6.07 Å². The second-order valence-electron chi connectivity index (χ2n) is 5.62. The van der Waals surface area contributed by atoms with E-state index in [2.05, 4.69) is 5.32 Å². The van der Waals surface area contributed by atoms with E-state index in [9.17, 15) is 14.3 Å². The Morgan fingerprint density at radius 3 is 2.59 bits per heavy atom. The van der Waals surface area contributed by atoms with Gasteiger partial charge in [-0.25, -0.2) is 4.39 Å². The molecule has 116 valence electrons. The molecule has 1 aromatic heterocycles. The lowest BCUT2D eigenvalue weighted by atomic mass is 9.93. The number of carbonyl (C=O) groups excluding carboxylic acids is 1. The van der Waals surface area contributed by atoms with Crippen LogP contribution in [0.5, 0.6) is 0 Å². The van der Waals surface area contributed by atoms with Gasteiger partial charge in [-0.05, 0) is 49.9 Å². The van der Waals surface area contributed by atoms with Gasteiger partial charge < -0.3 is 14.8 Å². The topological polar surface area (TPSA) is 62.5 Å². The minimum atomic E-state index is -0.384. The predicted molar refractivity (Wildman–Crippen MR) is 79.8 cm³/mol. The molecule has 3 rings (SSSR count). The van der Waals surface area contributed by atoms with Crippen molar-refractivity contribution in [2.24, 2.45) is 0 Å². The third-order valence-electron chi connectivity index (χ3n) is 4.00. The van der Waals surface area contributed by atoms with Crippen LogP contribution in [0.1, 0.15) is 36.2 Å². The van der Waals surface area contributed by atoms with E-state index >= 15 is 0 Å². The van der Waals surface area contributed by atoms with E-state index in [0.29, 0.717) is 24.2 Å². The van der Waals surface area contributed by atoms with Crippen molar-refractivity contribution in [3.63, 3.8) is 0 Å². The maximum absolute atomic E-state index is 13.7. The van der Waals surface area contributed by atoms with E-state index in [-0.39, 0.29) is 29.6 Å². The van der Waals surface area contributed by atoms with Crippen molar-refractivity contribution in [3.8, 4) is 11.3 Å². The molecule has 0 saturated heterocycles. The smallest absolute Gasteiger partial charge is 0.287 e. The first-order valence-electron chi connectivity index (χ1n) is 7.47. The van der Waals surface area contributed by atoms with E-state index in [1.807, 2.05) is 0 Å². The zero-order valence-electron chi connectivity index (χ0n) is 12.1. The summed E-state index contributed by atoms with van der Waals surface area (Å²) in [6.45, 7) is 0. The highest BCUT2D eigenvalue weighted by Crippen LogP contribution is 2.25. The molecule has 0 bridgehead atoms. The van der Waals surface area contributed by atoms with Crippen LogP contribution >= 0.6 is 0 Å². The molecule has 4 nitrogen and oxygen atoms in total. The number of aliphatic hydroxyl groups excluding tert-OH is 1. The van der Waals surface area contributed by atoms with Crippen LogP contribution in [0.4, 0.5) is 4.39 Å². The Hall–Kier alpha value is -2.14. The van der Waals surface area contributed by atoms with Crippen LogP contribution in [-0.4, -0.2) is 23.2 Å². The third-order valence-corrected chi connectivity index (χ3v) is 4.00. The van der Waals surface area contributed by atoms with Crippen molar-refractivity contribution in [1.82, 2.24) is 5.32 Å². The molecule has 0 aliphatic heterocycles. The SMILES string of the molecule is O=C(NC1CCC(O)CC1)c1ccc(-c2ccccc2F)o1. The van der Waals surface area contributed by atoms with E-state index in [1.54, 1.807) is 30.3 Å². The zero-order valence-corrected chi connectivity index (χ0v) is 12.1. The highest BCUT2D eigenvalue weighted by atomic mass is 19.1. The molecule has 1 aromatic carbocycles. The number of hydrogen-bond donors (Lipinski definition) is 2. The van der Waals surface area contributed by atoms with Gasteiger partial charge >= 0.3 is 0 Å². The van der Waals surface area contributed by atoms with Crippen molar-refractivity contribution in [1.29, 1.82) is 0 Å². The lowest BCUT2D eigenvalue weighted by molar-refractivity contribution is 0.0844. The summed E-state index contributed by atoms with van der Waals surface area (Å²) in [7, 11) is 0. The first kappa shape index (κ1) is 14.8.